The van der Waals surface area contributed by atoms with Gasteiger partial charge in [-0.15, -0.1) is 0 Å². The summed E-state index contributed by atoms with van der Waals surface area (Å²) < 4.78 is 5.66. The molecule has 2 unspecified atom stereocenters. The molecule has 0 radical (unpaired) electrons. The van der Waals surface area contributed by atoms with E-state index in [-0.39, 0.29) is 0 Å². The van der Waals surface area contributed by atoms with E-state index in [4.69, 9.17) is 4.74 Å². The molecule has 0 saturated carbocycles. The van der Waals surface area contributed by atoms with Crippen molar-refractivity contribution < 1.29 is 4.74 Å². The Morgan fingerprint density at radius 3 is 3.06 bits per heavy atom. The van der Waals surface area contributed by atoms with E-state index >= 15 is 0 Å². The predicted molar refractivity (Wildman–Crippen MR) is 69.0 cm³/mol. The molecule has 1 saturated heterocycles. The Bertz CT molecular complexity index is 348. The van der Waals surface area contributed by atoms with Crippen molar-refractivity contribution in [2.75, 3.05) is 13.7 Å². The molecule has 1 N–H and O–H groups in total. The predicted octanol–water partition coefficient (Wildman–Crippen LogP) is 2.61. The number of rotatable bonds is 5. The summed E-state index contributed by atoms with van der Waals surface area (Å²) in [6, 6.07) is 6.56. The maximum atomic E-state index is 5.66. The van der Waals surface area contributed by atoms with Gasteiger partial charge in [-0.3, -0.25) is 4.98 Å². The van der Waals surface area contributed by atoms with Gasteiger partial charge in [0.25, 0.3) is 0 Å². The second kappa shape index (κ2) is 6.12. The second-order valence-corrected chi connectivity index (χ2v) is 4.76. The van der Waals surface area contributed by atoms with Crippen LogP contribution < -0.4 is 5.32 Å². The van der Waals surface area contributed by atoms with Crippen molar-refractivity contribution >= 4 is 0 Å². The van der Waals surface area contributed by atoms with Crippen LogP contribution in [0.25, 0.3) is 0 Å². The molecule has 0 aliphatic carbocycles. The van der Waals surface area contributed by atoms with E-state index in [9.17, 15) is 0 Å². The zero-order valence-electron chi connectivity index (χ0n) is 10.8. The van der Waals surface area contributed by atoms with E-state index in [0.717, 1.165) is 30.8 Å². The molecule has 2 atom stereocenters. The van der Waals surface area contributed by atoms with Gasteiger partial charge in [-0.2, -0.15) is 0 Å². The zero-order valence-corrected chi connectivity index (χ0v) is 10.8. The van der Waals surface area contributed by atoms with Crippen LogP contribution >= 0.6 is 0 Å². The molecule has 3 heteroatoms. The van der Waals surface area contributed by atoms with Gasteiger partial charge in [0, 0.05) is 18.3 Å². The van der Waals surface area contributed by atoms with Crippen LogP contribution in [0.4, 0.5) is 0 Å². The highest BCUT2D eigenvalue weighted by Crippen LogP contribution is 2.22. The van der Waals surface area contributed by atoms with Crippen LogP contribution in [-0.2, 0) is 4.74 Å². The normalized spacial score (nSPS) is 21.6. The monoisotopic (exact) mass is 234 g/mol. The third-order valence-corrected chi connectivity index (χ3v) is 3.42. The van der Waals surface area contributed by atoms with E-state index in [1.54, 1.807) is 0 Å². The standard InChI is InChI=1S/C14H22N2O/c1-11-5-3-7-14(16-11)13(15-2)9-8-12-6-4-10-17-12/h3,5,7,12-13,15H,4,6,8-10H2,1-2H3. The van der Waals surface area contributed by atoms with Gasteiger partial charge >= 0.3 is 0 Å². The molecule has 0 aromatic carbocycles. The molecule has 3 nitrogen and oxygen atoms in total. The highest BCUT2D eigenvalue weighted by molar-refractivity contribution is 5.13. The topological polar surface area (TPSA) is 34.1 Å². The molecule has 1 aliphatic heterocycles. The Morgan fingerprint density at radius 1 is 1.53 bits per heavy atom. The fraction of sp³-hybridized carbons (Fsp3) is 0.643. The number of hydrogen-bond donors (Lipinski definition) is 1. The van der Waals surface area contributed by atoms with E-state index in [1.807, 2.05) is 20.0 Å². The summed E-state index contributed by atoms with van der Waals surface area (Å²) >= 11 is 0. The van der Waals surface area contributed by atoms with Gasteiger partial charge in [-0.05, 0) is 51.8 Å². The molecule has 0 amide bonds. The summed E-state index contributed by atoms with van der Waals surface area (Å²) in [6.45, 7) is 2.98. The summed E-state index contributed by atoms with van der Waals surface area (Å²) in [5.74, 6) is 0. The zero-order chi connectivity index (χ0) is 12.1. The minimum atomic E-state index is 0.346. The first-order valence-corrected chi connectivity index (χ1v) is 6.52. The fourth-order valence-electron chi connectivity index (χ4n) is 2.42. The smallest absolute Gasteiger partial charge is 0.0576 e. The Labute approximate surface area is 104 Å². The maximum absolute atomic E-state index is 5.66. The lowest BCUT2D eigenvalue weighted by Crippen LogP contribution is -2.20. The first-order chi connectivity index (χ1) is 8.29. The van der Waals surface area contributed by atoms with Gasteiger partial charge in [-0.25, -0.2) is 0 Å². The molecule has 1 aliphatic rings. The molecular formula is C14H22N2O. The summed E-state index contributed by atoms with van der Waals surface area (Å²) in [5.41, 5.74) is 2.23. The second-order valence-electron chi connectivity index (χ2n) is 4.76. The molecule has 2 rings (SSSR count). The third kappa shape index (κ3) is 3.51. The number of nitrogens with one attached hydrogen (secondary N) is 1. The molecule has 17 heavy (non-hydrogen) atoms. The van der Waals surface area contributed by atoms with Crippen LogP contribution in [0.3, 0.4) is 0 Å². The Morgan fingerprint density at radius 2 is 2.41 bits per heavy atom. The van der Waals surface area contributed by atoms with Crippen LogP contribution in [0, 0.1) is 6.92 Å². The molecule has 1 fully saturated rings. The van der Waals surface area contributed by atoms with Crippen LogP contribution in [0.2, 0.25) is 0 Å². The minimum Gasteiger partial charge on any atom is -0.378 e. The van der Waals surface area contributed by atoms with Crippen molar-refractivity contribution in [3.8, 4) is 0 Å². The average molecular weight is 234 g/mol. The van der Waals surface area contributed by atoms with Crippen LogP contribution in [0.1, 0.15) is 43.1 Å². The lowest BCUT2D eigenvalue weighted by atomic mass is 10.0. The van der Waals surface area contributed by atoms with E-state index in [1.165, 1.54) is 12.8 Å². The summed E-state index contributed by atoms with van der Waals surface area (Å²) in [5, 5.41) is 3.35. The van der Waals surface area contributed by atoms with Crippen molar-refractivity contribution in [3.05, 3.63) is 29.6 Å². The average Bonchev–Trinajstić information content (AvgIpc) is 2.83. The summed E-state index contributed by atoms with van der Waals surface area (Å²) in [6.07, 6.45) is 5.13. The molecule has 1 aromatic heterocycles. The number of aromatic nitrogens is 1. The van der Waals surface area contributed by atoms with Gasteiger partial charge in [-0.1, -0.05) is 6.07 Å². The molecule has 2 heterocycles. The number of nitrogens with zero attached hydrogens (tertiary/aromatic N) is 1. The SMILES string of the molecule is CNC(CCC1CCCO1)c1cccc(C)n1. The minimum absolute atomic E-state index is 0.346. The first kappa shape index (κ1) is 12.5. The number of pyridine rings is 1. The molecule has 0 bridgehead atoms. The van der Waals surface area contributed by atoms with Crippen LogP contribution in [0.15, 0.2) is 18.2 Å². The van der Waals surface area contributed by atoms with Gasteiger partial charge in [0.1, 0.15) is 0 Å². The highest BCUT2D eigenvalue weighted by atomic mass is 16.5. The number of ether oxygens (including phenoxy) is 1. The van der Waals surface area contributed by atoms with Crippen molar-refractivity contribution in [3.63, 3.8) is 0 Å². The fourth-order valence-corrected chi connectivity index (χ4v) is 2.42. The van der Waals surface area contributed by atoms with E-state index in [0.29, 0.717) is 12.1 Å². The van der Waals surface area contributed by atoms with Crippen LogP contribution in [0.5, 0.6) is 0 Å². The molecule has 94 valence electrons. The third-order valence-electron chi connectivity index (χ3n) is 3.42. The van der Waals surface area contributed by atoms with Crippen molar-refractivity contribution in [2.24, 2.45) is 0 Å². The van der Waals surface area contributed by atoms with Gasteiger partial charge in [0.2, 0.25) is 0 Å². The molecule has 1 aromatic rings. The maximum Gasteiger partial charge on any atom is 0.0576 e. The number of hydrogen-bond acceptors (Lipinski definition) is 3. The van der Waals surface area contributed by atoms with E-state index < -0.39 is 0 Å². The lowest BCUT2D eigenvalue weighted by molar-refractivity contribution is 0.0997. The Kier molecular flexibility index (Phi) is 4.51. The van der Waals surface area contributed by atoms with Crippen LogP contribution in [-0.4, -0.2) is 24.7 Å². The molecule has 0 spiro atoms. The van der Waals surface area contributed by atoms with Gasteiger partial charge in [0.15, 0.2) is 0 Å². The molecular weight excluding hydrogens is 212 g/mol. The van der Waals surface area contributed by atoms with Crippen molar-refractivity contribution in [2.45, 2.75) is 44.8 Å². The van der Waals surface area contributed by atoms with Crippen molar-refractivity contribution in [1.29, 1.82) is 0 Å². The van der Waals surface area contributed by atoms with Gasteiger partial charge < -0.3 is 10.1 Å². The summed E-state index contributed by atoms with van der Waals surface area (Å²) in [4.78, 5) is 4.59. The quantitative estimate of drug-likeness (QED) is 0.850. The van der Waals surface area contributed by atoms with Gasteiger partial charge in [0.05, 0.1) is 11.8 Å². The Hall–Kier alpha value is -0.930. The first-order valence-electron chi connectivity index (χ1n) is 6.52. The Balaban J connectivity index is 1.91. The van der Waals surface area contributed by atoms with Crippen molar-refractivity contribution in [1.82, 2.24) is 10.3 Å². The summed E-state index contributed by atoms with van der Waals surface area (Å²) in [7, 11) is 2.00. The number of aryl methyl sites for hydroxylation is 1. The largest absolute Gasteiger partial charge is 0.378 e. The van der Waals surface area contributed by atoms with E-state index in [2.05, 4.69) is 22.4 Å². The highest BCUT2D eigenvalue weighted by Gasteiger charge is 2.18. The lowest BCUT2D eigenvalue weighted by Gasteiger charge is -2.18.